The van der Waals surface area contributed by atoms with Crippen LogP contribution in [-0.4, -0.2) is 12.1 Å². The van der Waals surface area contributed by atoms with Crippen molar-refractivity contribution in [3.8, 4) is 0 Å². The summed E-state index contributed by atoms with van der Waals surface area (Å²) in [6.45, 7) is 14.3. The maximum absolute atomic E-state index is 11.7. The summed E-state index contributed by atoms with van der Waals surface area (Å²) in [4.78, 5) is 11.7. The van der Waals surface area contributed by atoms with E-state index >= 15 is 0 Å². The van der Waals surface area contributed by atoms with Crippen molar-refractivity contribution in [1.29, 1.82) is 0 Å². The van der Waals surface area contributed by atoms with Crippen LogP contribution < -0.4 is 0 Å². The second-order valence-electron chi connectivity index (χ2n) is 5.93. The number of hydrogen-bond acceptors (Lipinski definition) is 2. The van der Waals surface area contributed by atoms with Crippen molar-refractivity contribution in [3.05, 3.63) is 24.8 Å². The molecule has 1 aliphatic carbocycles. The van der Waals surface area contributed by atoms with Crippen LogP contribution in [0.5, 0.6) is 0 Å². The summed E-state index contributed by atoms with van der Waals surface area (Å²) in [5, 5.41) is 0. The van der Waals surface area contributed by atoms with E-state index in [1.807, 2.05) is 19.9 Å². The Bertz CT molecular complexity index is 371. The molecule has 2 heteroatoms. The second kappa shape index (κ2) is 4.01. The van der Waals surface area contributed by atoms with E-state index in [1.165, 1.54) is 0 Å². The van der Waals surface area contributed by atoms with Gasteiger partial charge in [0.15, 0.2) is 0 Å². The molecule has 0 radical (unpaired) electrons. The minimum Gasteiger partial charge on any atom is -0.461 e. The van der Waals surface area contributed by atoms with Crippen LogP contribution in [0.1, 0.15) is 33.6 Å². The second-order valence-corrected chi connectivity index (χ2v) is 5.93. The highest BCUT2D eigenvalue weighted by atomic mass is 16.6. The SMILES string of the molecule is C=C[C@@]1(C)CC[C@@H]2[C@H](OC(=O)[C@@H]2C)[C@@H]1C(=C)C. The average molecular weight is 234 g/mol. The molecule has 0 aromatic rings. The van der Waals surface area contributed by atoms with E-state index in [4.69, 9.17) is 4.74 Å². The fourth-order valence-corrected chi connectivity index (χ4v) is 3.60. The fourth-order valence-electron chi connectivity index (χ4n) is 3.60. The van der Waals surface area contributed by atoms with Crippen molar-refractivity contribution in [2.75, 3.05) is 0 Å². The van der Waals surface area contributed by atoms with E-state index in [1.54, 1.807) is 0 Å². The van der Waals surface area contributed by atoms with E-state index in [0.29, 0.717) is 5.92 Å². The number of esters is 1. The Morgan fingerprint density at radius 3 is 2.76 bits per heavy atom. The number of rotatable bonds is 2. The zero-order chi connectivity index (χ0) is 12.8. The summed E-state index contributed by atoms with van der Waals surface area (Å²) in [6, 6.07) is 0. The molecule has 2 nitrogen and oxygen atoms in total. The molecule has 0 spiro atoms. The number of allylic oxidation sites excluding steroid dienone is 1. The Labute approximate surface area is 104 Å². The third-order valence-corrected chi connectivity index (χ3v) is 4.74. The number of carbonyl (C=O) groups excluding carboxylic acids is 1. The minimum absolute atomic E-state index is 0.00625. The van der Waals surface area contributed by atoms with Gasteiger partial charge in [-0.05, 0) is 25.2 Å². The van der Waals surface area contributed by atoms with Gasteiger partial charge in [-0.2, -0.15) is 0 Å². The molecule has 5 atom stereocenters. The Hall–Kier alpha value is -1.05. The van der Waals surface area contributed by atoms with Crippen LogP contribution in [0.2, 0.25) is 0 Å². The highest BCUT2D eigenvalue weighted by molar-refractivity contribution is 5.75. The summed E-state index contributed by atoms with van der Waals surface area (Å²) in [6.07, 6.45) is 4.13. The maximum atomic E-state index is 11.7. The largest absolute Gasteiger partial charge is 0.461 e. The molecule has 1 heterocycles. The van der Waals surface area contributed by atoms with Gasteiger partial charge in [-0.1, -0.05) is 32.1 Å². The number of fused-ring (bicyclic) bond motifs is 1. The van der Waals surface area contributed by atoms with Crippen LogP contribution in [0.25, 0.3) is 0 Å². The van der Waals surface area contributed by atoms with E-state index in [2.05, 4.69) is 20.1 Å². The van der Waals surface area contributed by atoms with Gasteiger partial charge in [-0.15, -0.1) is 6.58 Å². The average Bonchev–Trinajstić information content (AvgIpc) is 2.54. The van der Waals surface area contributed by atoms with Crippen LogP contribution in [0.4, 0.5) is 0 Å². The van der Waals surface area contributed by atoms with Gasteiger partial charge < -0.3 is 4.74 Å². The van der Waals surface area contributed by atoms with Crippen molar-refractivity contribution in [2.45, 2.75) is 39.7 Å². The quantitative estimate of drug-likeness (QED) is 0.541. The van der Waals surface area contributed by atoms with Crippen molar-refractivity contribution < 1.29 is 9.53 Å². The van der Waals surface area contributed by atoms with E-state index < -0.39 is 0 Å². The zero-order valence-corrected chi connectivity index (χ0v) is 11.0. The van der Waals surface area contributed by atoms with Crippen molar-refractivity contribution in [1.82, 2.24) is 0 Å². The molecule has 0 unspecified atom stereocenters. The normalized spacial score (nSPS) is 45.0. The highest BCUT2D eigenvalue weighted by Gasteiger charge is 2.53. The smallest absolute Gasteiger partial charge is 0.309 e. The zero-order valence-electron chi connectivity index (χ0n) is 11.0. The summed E-state index contributed by atoms with van der Waals surface area (Å²) < 4.78 is 5.60. The summed E-state index contributed by atoms with van der Waals surface area (Å²) in [5.74, 6) is 0.570. The lowest BCUT2D eigenvalue weighted by Gasteiger charge is -2.45. The predicted octanol–water partition coefficient (Wildman–Crippen LogP) is 3.34. The topological polar surface area (TPSA) is 26.3 Å². The van der Waals surface area contributed by atoms with Gasteiger partial charge in [0.05, 0.1) is 5.92 Å². The molecule has 17 heavy (non-hydrogen) atoms. The molecule has 1 saturated carbocycles. The maximum Gasteiger partial charge on any atom is 0.309 e. The molecule has 0 N–H and O–H groups in total. The number of hydrogen-bond donors (Lipinski definition) is 0. The standard InChI is InChI=1S/C15H22O2/c1-6-15(5)8-7-11-10(4)14(16)17-13(11)12(15)9(2)3/h6,10-13H,1-2,7-8H2,3-5H3/t10-,11+,12+,13+,15+/m1/s1. The first-order chi connectivity index (χ1) is 7.90. The van der Waals surface area contributed by atoms with Crippen LogP contribution >= 0.6 is 0 Å². The third kappa shape index (κ3) is 1.74. The summed E-state index contributed by atoms with van der Waals surface area (Å²) >= 11 is 0. The third-order valence-electron chi connectivity index (χ3n) is 4.74. The van der Waals surface area contributed by atoms with Gasteiger partial charge in [-0.3, -0.25) is 4.79 Å². The molecular weight excluding hydrogens is 212 g/mol. The molecule has 0 aromatic heterocycles. The fraction of sp³-hybridized carbons (Fsp3) is 0.667. The van der Waals surface area contributed by atoms with E-state index in [9.17, 15) is 4.79 Å². The first-order valence-electron chi connectivity index (χ1n) is 6.40. The number of ether oxygens (including phenoxy) is 1. The van der Waals surface area contributed by atoms with Crippen LogP contribution in [0.15, 0.2) is 24.8 Å². The molecule has 2 fully saturated rings. The summed E-state index contributed by atoms with van der Waals surface area (Å²) in [7, 11) is 0. The van der Waals surface area contributed by atoms with Gasteiger partial charge in [-0.25, -0.2) is 0 Å². The van der Waals surface area contributed by atoms with Crippen molar-refractivity contribution in [3.63, 3.8) is 0 Å². The lowest BCUT2D eigenvalue weighted by atomic mass is 9.59. The lowest BCUT2D eigenvalue weighted by molar-refractivity contribution is -0.146. The molecule has 2 aliphatic rings. The van der Waals surface area contributed by atoms with Crippen molar-refractivity contribution >= 4 is 5.97 Å². The van der Waals surface area contributed by atoms with Gasteiger partial charge in [0.25, 0.3) is 0 Å². The molecule has 1 saturated heterocycles. The van der Waals surface area contributed by atoms with Gasteiger partial charge >= 0.3 is 5.97 Å². The summed E-state index contributed by atoms with van der Waals surface area (Å²) in [5.41, 5.74) is 1.11. The molecule has 0 amide bonds. The monoisotopic (exact) mass is 234 g/mol. The molecule has 1 aliphatic heterocycles. The van der Waals surface area contributed by atoms with Crippen LogP contribution in [0.3, 0.4) is 0 Å². The van der Waals surface area contributed by atoms with Crippen LogP contribution in [-0.2, 0) is 9.53 Å². The molecule has 2 rings (SSSR count). The lowest BCUT2D eigenvalue weighted by Crippen LogP contribution is -2.44. The first-order valence-corrected chi connectivity index (χ1v) is 6.40. The molecule has 0 aromatic carbocycles. The molecule has 0 bridgehead atoms. The van der Waals surface area contributed by atoms with Crippen LogP contribution in [0, 0.1) is 23.2 Å². The first kappa shape index (κ1) is 12.4. The Morgan fingerprint density at radius 1 is 1.59 bits per heavy atom. The Balaban J connectivity index is 2.36. The highest BCUT2D eigenvalue weighted by Crippen LogP contribution is 2.52. The van der Waals surface area contributed by atoms with E-state index in [-0.39, 0.29) is 29.3 Å². The van der Waals surface area contributed by atoms with E-state index in [0.717, 1.165) is 18.4 Å². The number of carbonyl (C=O) groups is 1. The van der Waals surface area contributed by atoms with Crippen molar-refractivity contribution in [2.24, 2.45) is 23.2 Å². The minimum atomic E-state index is -0.0421. The van der Waals surface area contributed by atoms with Gasteiger partial charge in [0.1, 0.15) is 6.10 Å². The predicted molar refractivity (Wildman–Crippen MR) is 68.4 cm³/mol. The molecule has 94 valence electrons. The van der Waals surface area contributed by atoms with Gasteiger partial charge in [0.2, 0.25) is 0 Å². The van der Waals surface area contributed by atoms with Gasteiger partial charge in [0, 0.05) is 11.8 Å². The Kier molecular flexibility index (Phi) is 2.92. The Morgan fingerprint density at radius 2 is 2.24 bits per heavy atom. The molecular formula is C15H22O2.